The van der Waals surface area contributed by atoms with Crippen LogP contribution in [0.1, 0.15) is 49.4 Å². The van der Waals surface area contributed by atoms with Gasteiger partial charge in [-0.05, 0) is 31.9 Å². The number of fused-ring (bicyclic) bond motifs is 1. The van der Waals surface area contributed by atoms with Crippen molar-refractivity contribution in [3.05, 3.63) is 23.8 Å². The number of hydrogen-bond acceptors (Lipinski definition) is 4. The van der Waals surface area contributed by atoms with Crippen LogP contribution in [0.3, 0.4) is 0 Å². The molecule has 7 heteroatoms. The van der Waals surface area contributed by atoms with Crippen LogP contribution < -0.4 is 15.4 Å². The average molecular weight is 332 g/mol. The molecular formula is C17H20N2O5. The summed E-state index contributed by atoms with van der Waals surface area (Å²) >= 11 is 0. The zero-order valence-electron chi connectivity index (χ0n) is 13.4. The molecule has 128 valence electrons. The third-order valence-corrected chi connectivity index (χ3v) is 4.61. The molecule has 1 fully saturated rings. The van der Waals surface area contributed by atoms with Crippen molar-refractivity contribution < 1.29 is 24.2 Å². The molecule has 0 aromatic heterocycles. The van der Waals surface area contributed by atoms with E-state index >= 15 is 0 Å². The maximum absolute atomic E-state index is 12.8. The third-order valence-electron chi connectivity index (χ3n) is 4.61. The van der Waals surface area contributed by atoms with Gasteiger partial charge in [0.05, 0.1) is 23.2 Å². The van der Waals surface area contributed by atoms with Gasteiger partial charge in [-0.15, -0.1) is 0 Å². The molecule has 2 amide bonds. The summed E-state index contributed by atoms with van der Waals surface area (Å²) < 4.78 is 5.59. The van der Waals surface area contributed by atoms with Crippen molar-refractivity contribution >= 4 is 23.5 Å². The van der Waals surface area contributed by atoms with Crippen LogP contribution in [0.5, 0.6) is 5.75 Å². The Kier molecular flexibility index (Phi) is 4.17. The van der Waals surface area contributed by atoms with Gasteiger partial charge in [0.2, 0.25) is 0 Å². The van der Waals surface area contributed by atoms with Gasteiger partial charge in [-0.3, -0.25) is 14.4 Å². The topological polar surface area (TPSA) is 105 Å². The number of ether oxygens (including phenoxy) is 1. The maximum atomic E-state index is 12.8. The second kappa shape index (κ2) is 6.14. The molecule has 0 bridgehead atoms. The molecule has 3 rings (SSSR count). The molecule has 1 aromatic rings. The van der Waals surface area contributed by atoms with Gasteiger partial charge in [0.25, 0.3) is 11.8 Å². The Hall–Kier alpha value is -2.57. The maximum Gasteiger partial charge on any atom is 0.305 e. The lowest BCUT2D eigenvalue weighted by Gasteiger charge is -2.30. The summed E-state index contributed by atoms with van der Waals surface area (Å²) in [7, 11) is 0. The Labute approximate surface area is 139 Å². The van der Waals surface area contributed by atoms with E-state index in [0.717, 1.165) is 12.8 Å². The molecular weight excluding hydrogens is 312 g/mol. The van der Waals surface area contributed by atoms with Crippen LogP contribution in [-0.4, -0.2) is 34.5 Å². The van der Waals surface area contributed by atoms with E-state index in [9.17, 15) is 14.4 Å². The van der Waals surface area contributed by atoms with Crippen LogP contribution in [-0.2, 0) is 9.59 Å². The van der Waals surface area contributed by atoms with Crippen molar-refractivity contribution in [3.63, 3.8) is 0 Å². The Morgan fingerprint density at radius 3 is 2.75 bits per heavy atom. The van der Waals surface area contributed by atoms with E-state index in [4.69, 9.17) is 9.84 Å². The summed E-state index contributed by atoms with van der Waals surface area (Å²) in [5, 5.41) is 14.8. The van der Waals surface area contributed by atoms with Gasteiger partial charge < -0.3 is 20.5 Å². The highest BCUT2D eigenvalue weighted by Gasteiger charge is 2.38. The van der Waals surface area contributed by atoms with Crippen molar-refractivity contribution in [3.8, 4) is 5.75 Å². The lowest BCUT2D eigenvalue weighted by Crippen LogP contribution is -2.48. The van der Waals surface area contributed by atoms with Crippen LogP contribution in [0.4, 0.5) is 5.69 Å². The summed E-state index contributed by atoms with van der Waals surface area (Å²) in [6.45, 7) is 1.61. The van der Waals surface area contributed by atoms with E-state index in [-0.39, 0.29) is 18.2 Å². The molecule has 0 spiro atoms. The minimum atomic E-state index is -0.926. The van der Waals surface area contributed by atoms with Gasteiger partial charge in [0.1, 0.15) is 0 Å². The minimum absolute atomic E-state index is 0.0955. The lowest BCUT2D eigenvalue weighted by atomic mass is 9.92. The second-order valence-electron chi connectivity index (χ2n) is 6.44. The Balaban J connectivity index is 1.87. The SMILES string of the molecule is CC1Oc2c(cccc2C(=O)NC2(CC(=O)O)CCCC2)NC1=O. The summed E-state index contributed by atoms with van der Waals surface area (Å²) in [5.74, 6) is -1.24. The Morgan fingerprint density at radius 2 is 2.08 bits per heavy atom. The van der Waals surface area contributed by atoms with E-state index in [0.29, 0.717) is 29.8 Å². The van der Waals surface area contributed by atoms with E-state index in [1.54, 1.807) is 25.1 Å². The van der Waals surface area contributed by atoms with Crippen LogP contribution >= 0.6 is 0 Å². The van der Waals surface area contributed by atoms with E-state index in [1.165, 1.54) is 0 Å². The molecule has 1 aliphatic carbocycles. The summed E-state index contributed by atoms with van der Waals surface area (Å²) in [6.07, 6.45) is 2.30. The third kappa shape index (κ3) is 3.06. The first-order valence-corrected chi connectivity index (χ1v) is 8.05. The van der Waals surface area contributed by atoms with Crippen molar-refractivity contribution in [2.45, 2.75) is 50.7 Å². The minimum Gasteiger partial charge on any atom is -0.481 e. The fourth-order valence-electron chi connectivity index (χ4n) is 3.40. The number of para-hydroxylation sites is 1. The zero-order valence-corrected chi connectivity index (χ0v) is 13.4. The van der Waals surface area contributed by atoms with Crippen LogP contribution in [0.15, 0.2) is 18.2 Å². The van der Waals surface area contributed by atoms with Crippen LogP contribution in [0.25, 0.3) is 0 Å². The predicted molar refractivity (Wildman–Crippen MR) is 86.1 cm³/mol. The molecule has 1 atom stereocenters. The fourth-order valence-corrected chi connectivity index (χ4v) is 3.40. The second-order valence-corrected chi connectivity index (χ2v) is 6.44. The van der Waals surface area contributed by atoms with Crippen LogP contribution in [0.2, 0.25) is 0 Å². The number of anilines is 1. The molecule has 3 N–H and O–H groups in total. The highest BCUT2D eigenvalue weighted by Crippen LogP contribution is 2.36. The number of nitrogens with one attached hydrogen (secondary N) is 2. The highest BCUT2D eigenvalue weighted by molar-refractivity contribution is 6.04. The van der Waals surface area contributed by atoms with Gasteiger partial charge in [-0.25, -0.2) is 0 Å². The Bertz CT molecular complexity index is 694. The molecule has 1 heterocycles. The van der Waals surface area contributed by atoms with Gasteiger partial charge >= 0.3 is 5.97 Å². The number of carboxylic acid groups (broad SMARTS) is 1. The number of hydrogen-bond donors (Lipinski definition) is 3. The Morgan fingerprint density at radius 1 is 1.38 bits per heavy atom. The molecule has 1 saturated carbocycles. The van der Waals surface area contributed by atoms with Gasteiger partial charge in [0.15, 0.2) is 11.9 Å². The average Bonchev–Trinajstić information content (AvgIpc) is 2.95. The quantitative estimate of drug-likeness (QED) is 0.781. The molecule has 2 aliphatic rings. The molecule has 24 heavy (non-hydrogen) atoms. The molecule has 1 aromatic carbocycles. The zero-order chi connectivity index (χ0) is 17.3. The molecule has 0 radical (unpaired) electrons. The van der Waals surface area contributed by atoms with E-state index < -0.39 is 17.6 Å². The van der Waals surface area contributed by atoms with E-state index in [1.807, 2.05) is 0 Å². The number of amides is 2. The predicted octanol–water partition coefficient (Wildman–Crippen LogP) is 1.92. The molecule has 0 saturated heterocycles. The standard InChI is InChI=1S/C17H20N2O5/c1-10-15(22)18-12-6-4-5-11(14(12)24-10)16(23)19-17(9-13(20)21)7-2-3-8-17/h4-6,10H,2-3,7-9H2,1H3,(H,18,22)(H,19,23)(H,20,21). The lowest BCUT2D eigenvalue weighted by molar-refractivity contribution is -0.138. The fraction of sp³-hybridized carbons (Fsp3) is 0.471. The molecule has 1 unspecified atom stereocenters. The smallest absolute Gasteiger partial charge is 0.305 e. The van der Waals surface area contributed by atoms with Gasteiger partial charge in [-0.2, -0.15) is 0 Å². The molecule has 7 nitrogen and oxygen atoms in total. The normalized spacial score (nSPS) is 21.4. The first-order chi connectivity index (χ1) is 11.4. The number of carboxylic acids is 1. The van der Waals surface area contributed by atoms with Crippen molar-refractivity contribution in [2.24, 2.45) is 0 Å². The highest BCUT2D eigenvalue weighted by atomic mass is 16.5. The van der Waals surface area contributed by atoms with Crippen molar-refractivity contribution in [2.75, 3.05) is 5.32 Å². The first-order valence-electron chi connectivity index (χ1n) is 8.05. The number of rotatable bonds is 4. The number of carbonyl (C=O) groups is 3. The summed E-state index contributed by atoms with van der Waals surface area (Å²) in [5.41, 5.74) is 0.0373. The van der Waals surface area contributed by atoms with Gasteiger partial charge in [-0.1, -0.05) is 18.9 Å². The van der Waals surface area contributed by atoms with Crippen molar-refractivity contribution in [1.82, 2.24) is 5.32 Å². The van der Waals surface area contributed by atoms with Gasteiger partial charge in [0, 0.05) is 0 Å². The number of carbonyl (C=O) groups excluding carboxylic acids is 2. The van der Waals surface area contributed by atoms with Crippen LogP contribution in [0, 0.1) is 0 Å². The monoisotopic (exact) mass is 332 g/mol. The summed E-state index contributed by atoms with van der Waals surface area (Å²) in [4.78, 5) is 35.6. The van der Waals surface area contributed by atoms with E-state index in [2.05, 4.69) is 10.6 Å². The number of aliphatic carboxylic acids is 1. The first kappa shape index (κ1) is 16.3. The molecule has 1 aliphatic heterocycles. The summed E-state index contributed by atoms with van der Waals surface area (Å²) in [6, 6.07) is 4.94. The number of benzene rings is 1. The van der Waals surface area contributed by atoms with Crippen molar-refractivity contribution in [1.29, 1.82) is 0 Å². The largest absolute Gasteiger partial charge is 0.481 e.